The summed E-state index contributed by atoms with van der Waals surface area (Å²) in [6.45, 7) is 8.02. The molecule has 1 aliphatic heterocycles. The van der Waals surface area contributed by atoms with Crippen LogP contribution in [0, 0.1) is 11.8 Å². The minimum atomic E-state index is -3.54. The highest BCUT2D eigenvalue weighted by Gasteiger charge is 2.28. The number of nitrogens with one attached hydrogen (secondary N) is 2. The first-order chi connectivity index (χ1) is 17.1. The average Bonchev–Trinajstić information content (AvgIpc) is 2.87. The second-order valence-electron chi connectivity index (χ2n) is 9.78. The quantitative estimate of drug-likeness (QED) is 0.457. The van der Waals surface area contributed by atoms with E-state index < -0.39 is 16.1 Å². The number of methoxy groups -OCH3 is 2. The SMILES string of the molecule is COc1ccc([C@H](Nc2ccc(S(=O)(=O)N3CCC(C)CC3)cc2)C(=O)NCCC(C)C)cc1OC. The summed E-state index contributed by atoms with van der Waals surface area (Å²) in [6, 6.07) is 11.2. The largest absolute Gasteiger partial charge is 0.493 e. The topological polar surface area (TPSA) is 97.0 Å². The number of hydrogen-bond donors (Lipinski definition) is 2. The van der Waals surface area contributed by atoms with E-state index in [1.807, 2.05) is 6.07 Å². The minimum Gasteiger partial charge on any atom is -0.493 e. The van der Waals surface area contributed by atoms with Gasteiger partial charge in [0.15, 0.2) is 11.5 Å². The number of carbonyl (C=O) groups is 1. The van der Waals surface area contributed by atoms with Crippen LogP contribution in [-0.4, -0.2) is 52.5 Å². The zero-order chi connectivity index (χ0) is 26.3. The van der Waals surface area contributed by atoms with Crippen LogP contribution in [0.4, 0.5) is 5.69 Å². The maximum Gasteiger partial charge on any atom is 0.247 e. The van der Waals surface area contributed by atoms with Crippen molar-refractivity contribution in [2.24, 2.45) is 11.8 Å². The number of hydrogen-bond acceptors (Lipinski definition) is 6. The summed E-state index contributed by atoms with van der Waals surface area (Å²) in [4.78, 5) is 13.5. The number of rotatable bonds is 11. The second-order valence-corrected chi connectivity index (χ2v) is 11.7. The number of benzene rings is 2. The van der Waals surface area contributed by atoms with Gasteiger partial charge >= 0.3 is 0 Å². The van der Waals surface area contributed by atoms with E-state index in [0.717, 1.165) is 19.3 Å². The summed E-state index contributed by atoms with van der Waals surface area (Å²) >= 11 is 0. The summed E-state index contributed by atoms with van der Waals surface area (Å²) in [5.41, 5.74) is 1.34. The molecule has 8 nitrogen and oxygen atoms in total. The van der Waals surface area contributed by atoms with Crippen molar-refractivity contribution in [3.05, 3.63) is 48.0 Å². The van der Waals surface area contributed by atoms with Crippen LogP contribution < -0.4 is 20.1 Å². The molecular weight excluding hydrogens is 478 g/mol. The minimum absolute atomic E-state index is 0.179. The van der Waals surface area contributed by atoms with Crippen molar-refractivity contribution in [1.82, 2.24) is 9.62 Å². The van der Waals surface area contributed by atoms with Crippen LogP contribution >= 0.6 is 0 Å². The van der Waals surface area contributed by atoms with Gasteiger partial charge in [-0.3, -0.25) is 4.79 Å². The van der Waals surface area contributed by atoms with Crippen LogP contribution in [-0.2, 0) is 14.8 Å². The summed E-state index contributed by atoms with van der Waals surface area (Å²) < 4.78 is 38.5. The highest BCUT2D eigenvalue weighted by atomic mass is 32.2. The molecule has 0 radical (unpaired) electrons. The molecule has 1 aliphatic rings. The predicted octanol–water partition coefficient (Wildman–Crippen LogP) is 4.44. The molecule has 3 rings (SSSR count). The molecule has 1 amide bonds. The van der Waals surface area contributed by atoms with Gasteiger partial charge in [-0.25, -0.2) is 8.42 Å². The van der Waals surface area contributed by atoms with Gasteiger partial charge in [0.1, 0.15) is 6.04 Å². The molecule has 1 heterocycles. The molecule has 9 heteroatoms. The molecular formula is C27H39N3O5S. The fourth-order valence-electron chi connectivity index (χ4n) is 4.18. The van der Waals surface area contributed by atoms with Crippen molar-refractivity contribution >= 4 is 21.6 Å². The Labute approximate surface area is 215 Å². The van der Waals surface area contributed by atoms with Gasteiger partial charge in [-0.05, 0) is 73.1 Å². The van der Waals surface area contributed by atoms with E-state index >= 15 is 0 Å². The number of carbonyl (C=O) groups excluding carboxylic acids is 1. The highest BCUT2D eigenvalue weighted by molar-refractivity contribution is 7.89. The number of sulfonamides is 1. The number of nitrogens with zero attached hydrogens (tertiary/aromatic N) is 1. The van der Waals surface area contributed by atoms with E-state index in [9.17, 15) is 13.2 Å². The van der Waals surface area contributed by atoms with Crippen molar-refractivity contribution in [2.75, 3.05) is 39.2 Å². The first-order valence-electron chi connectivity index (χ1n) is 12.5. The molecule has 198 valence electrons. The highest BCUT2D eigenvalue weighted by Crippen LogP contribution is 2.32. The molecule has 0 aromatic heterocycles. The molecule has 0 saturated carbocycles. The van der Waals surface area contributed by atoms with Crippen molar-refractivity contribution < 1.29 is 22.7 Å². The van der Waals surface area contributed by atoms with Crippen molar-refractivity contribution in [1.29, 1.82) is 0 Å². The fourth-order valence-corrected chi connectivity index (χ4v) is 5.65. The molecule has 2 N–H and O–H groups in total. The lowest BCUT2D eigenvalue weighted by molar-refractivity contribution is -0.122. The zero-order valence-electron chi connectivity index (χ0n) is 21.9. The first-order valence-corrected chi connectivity index (χ1v) is 14.0. The molecule has 1 saturated heterocycles. The average molecular weight is 518 g/mol. The molecule has 0 unspecified atom stereocenters. The number of anilines is 1. The van der Waals surface area contributed by atoms with E-state index in [1.54, 1.807) is 54.9 Å². The van der Waals surface area contributed by atoms with Crippen LogP contribution in [0.3, 0.4) is 0 Å². The molecule has 2 aromatic rings. The van der Waals surface area contributed by atoms with Crippen LogP contribution in [0.1, 0.15) is 51.6 Å². The molecule has 36 heavy (non-hydrogen) atoms. The Bertz CT molecular complexity index is 1110. The molecule has 0 spiro atoms. The van der Waals surface area contributed by atoms with Crippen molar-refractivity contribution in [2.45, 2.75) is 51.0 Å². The number of ether oxygens (including phenoxy) is 2. The van der Waals surface area contributed by atoms with E-state index in [0.29, 0.717) is 54.2 Å². The summed E-state index contributed by atoms with van der Waals surface area (Å²) in [5, 5.41) is 6.27. The van der Waals surface area contributed by atoms with Gasteiger partial charge in [0.2, 0.25) is 15.9 Å². The number of piperidine rings is 1. The normalized spacial score (nSPS) is 15.9. The van der Waals surface area contributed by atoms with Crippen LogP contribution in [0.15, 0.2) is 47.4 Å². The Balaban J connectivity index is 1.82. The Hall–Kier alpha value is -2.78. The fraction of sp³-hybridized carbons (Fsp3) is 0.519. The predicted molar refractivity (Wildman–Crippen MR) is 142 cm³/mol. The Morgan fingerprint density at radius 2 is 1.67 bits per heavy atom. The van der Waals surface area contributed by atoms with Gasteiger partial charge in [-0.2, -0.15) is 4.31 Å². The lowest BCUT2D eigenvalue weighted by atomic mass is 10.0. The third kappa shape index (κ3) is 6.91. The van der Waals surface area contributed by atoms with Gasteiger partial charge in [0.25, 0.3) is 0 Å². The van der Waals surface area contributed by atoms with Crippen molar-refractivity contribution in [3.8, 4) is 11.5 Å². The third-order valence-corrected chi connectivity index (χ3v) is 8.48. The lowest BCUT2D eigenvalue weighted by Gasteiger charge is -2.29. The van der Waals surface area contributed by atoms with Gasteiger partial charge in [-0.15, -0.1) is 0 Å². The van der Waals surface area contributed by atoms with Gasteiger partial charge in [0.05, 0.1) is 19.1 Å². The Kier molecular flexibility index (Phi) is 9.62. The molecule has 1 atom stereocenters. The van der Waals surface area contributed by atoms with E-state index in [-0.39, 0.29) is 10.8 Å². The van der Waals surface area contributed by atoms with Gasteiger partial charge < -0.3 is 20.1 Å². The first kappa shape index (κ1) is 27.8. The lowest BCUT2D eigenvalue weighted by Crippen LogP contribution is -2.37. The van der Waals surface area contributed by atoms with Crippen LogP contribution in [0.5, 0.6) is 11.5 Å². The van der Waals surface area contributed by atoms with Crippen molar-refractivity contribution in [3.63, 3.8) is 0 Å². The smallest absolute Gasteiger partial charge is 0.247 e. The van der Waals surface area contributed by atoms with Crippen LogP contribution in [0.2, 0.25) is 0 Å². The summed E-state index contributed by atoms with van der Waals surface area (Å²) in [6.07, 6.45) is 2.61. The summed E-state index contributed by atoms with van der Waals surface area (Å²) in [5.74, 6) is 1.93. The van der Waals surface area contributed by atoms with Gasteiger partial charge in [-0.1, -0.05) is 26.8 Å². The standard InChI is InChI=1S/C27H39N3O5S/c1-19(2)12-15-28-27(31)26(21-6-11-24(34-4)25(18-21)35-5)29-22-7-9-23(10-8-22)36(32,33)30-16-13-20(3)14-17-30/h6-11,18-20,26,29H,12-17H2,1-5H3,(H,28,31)/t26-/m0/s1. The van der Waals surface area contributed by atoms with E-state index in [4.69, 9.17) is 9.47 Å². The molecule has 0 bridgehead atoms. The maximum atomic E-state index is 13.2. The van der Waals surface area contributed by atoms with Gasteiger partial charge in [0, 0.05) is 25.3 Å². The molecule has 1 fully saturated rings. The Morgan fingerprint density at radius 3 is 2.25 bits per heavy atom. The number of amides is 1. The third-order valence-electron chi connectivity index (χ3n) is 6.57. The monoisotopic (exact) mass is 517 g/mol. The molecule has 2 aromatic carbocycles. The second kappa shape index (κ2) is 12.5. The molecule has 0 aliphatic carbocycles. The van der Waals surface area contributed by atoms with Crippen LogP contribution in [0.25, 0.3) is 0 Å². The Morgan fingerprint density at radius 1 is 1.03 bits per heavy atom. The van der Waals surface area contributed by atoms with E-state index in [1.165, 1.54) is 0 Å². The maximum absolute atomic E-state index is 13.2. The van der Waals surface area contributed by atoms with E-state index in [2.05, 4.69) is 31.4 Å². The zero-order valence-corrected chi connectivity index (χ0v) is 22.7. The summed E-state index contributed by atoms with van der Waals surface area (Å²) in [7, 11) is -0.428.